The van der Waals surface area contributed by atoms with Gasteiger partial charge in [0.25, 0.3) is 0 Å². The minimum absolute atomic E-state index is 0.0626. The van der Waals surface area contributed by atoms with Crippen LogP contribution >= 0.6 is 0 Å². The lowest BCUT2D eigenvalue weighted by Gasteiger charge is -2.39. The maximum absolute atomic E-state index is 11.6. The molecule has 0 spiro atoms. The molecule has 2 unspecified atom stereocenters. The highest BCUT2D eigenvalue weighted by Crippen LogP contribution is 2.20. The fraction of sp³-hybridized carbons (Fsp3) is 0.917. The Labute approximate surface area is 103 Å². The molecule has 17 heavy (non-hydrogen) atoms. The smallest absolute Gasteiger partial charge is 0.310 e. The number of carbonyl (C=O) groups is 1. The molecule has 1 saturated heterocycles. The van der Waals surface area contributed by atoms with Crippen LogP contribution in [0.3, 0.4) is 0 Å². The largest absolute Gasteiger partial charge is 0.469 e. The van der Waals surface area contributed by atoms with Crippen LogP contribution < -0.4 is 5.32 Å². The van der Waals surface area contributed by atoms with Gasteiger partial charge in [-0.15, -0.1) is 0 Å². The van der Waals surface area contributed by atoms with Gasteiger partial charge in [0.15, 0.2) is 0 Å². The Morgan fingerprint density at radius 2 is 2.24 bits per heavy atom. The van der Waals surface area contributed by atoms with Gasteiger partial charge in [-0.25, -0.2) is 0 Å². The fourth-order valence-electron chi connectivity index (χ4n) is 2.31. The number of nitrogens with one attached hydrogen (secondary N) is 1. The second-order valence-electron chi connectivity index (χ2n) is 4.88. The Morgan fingerprint density at radius 1 is 1.53 bits per heavy atom. The zero-order chi connectivity index (χ0) is 12.8. The molecule has 0 aromatic carbocycles. The van der Waals surface area contributed by atoms with E-state index >= 15 is 0 Å². The average Bonchev–Trinajstić information content (AvgIpc) is 2.34. The average molecular weight is 244 g/mol. The molecule has 1 aliphatic heterocycles. The molecule has 1 fully saturated rings. The van der Waals surface area contributed by atoms with E-state index in [0.717, 1.165) is 19.5 Å². The van der Waals surface area contributed by atoms with Gasteiger partial charge in [-0.05, 0) is 20.3 Å². The number of methoxy groups -OCH3 is 1. The fourth-order valence-corrected chi connectivity index (χ4v) is 2.31. The lowest BCUT2D eigenvalue weighted by molar-refractivity contribution is -0.148. The molecule has 5 nitrogen and oxygen atoms in total. The number of ether oxygens (including phenoxy) is 1. The Kier molecular flexibility index (Phi) is 5.88. The van der Waals surface area contributed by atoms with Gasteiger partial charge in [0, 0.05) is 31.7 Å². The molecule has 2 N–H and O–H groups in total. The maximum atomic E-state index is 11.6. The van der Waals surface area contributed by atoms with Crippen molar-refractivity contribution in [3.63, 3.8) is 0 Å². The van der Waals surface area contributed by atoms with Crippen LogP contribution in [0.25, 0.3) is 0 Å². The molecule has 0 radical (unpaired) electrons. The van der Waals surface area contributed by atoms with E-state index in [1.807, 2.05) is 0 Å². The number of piperidine rings is 1. The predicted octanol–water partition coefficient (Wildman–Crippen LogP) is -0.160. The summed E-state index contributed by atoms with van der Waals surface area (Å²) in [5, 5.41) is 12.1. The van der Waals surface area contributed by atoms with E-state index in [9.17, 15) is 4.79 Å². The summed E-state index contributed by atoms with van der Waals surface area (Å²) >= 11 is 0. The first kappa shape index (κ1) is 14.4. The summed E-state index contributed by atoms with van der Waals surface area (Å²) < 4.78 is 4.83. The summed E-state index contributed by atoms with van der Waals surface area (Å²) in [7, 11) is 1.44. The van der Waals surface area contributed by atoms with Crippen molar-refractivity contribution in [2.75, 3.05) is 33.4 Å². The second-order valence-corrected chi connectivity index (χ2v) is 4.88. The summed E-state index contributed by atoms with van der Waals surface area (Å²) in [6.45, 7) is 6.64. The summed E-state index contributed by atoms with van der Waals surface area (Å²) in [6.07, 6.45) is 0.788. The van der Waals surface area contributed by atoms with E-state index in [1.54, 1.807) is 0 Å². The third kappa shape index (κ3) is 4.26. The van der Waals surface area contributed by atoms with E-state index in [0.29, 0.717) is 12.6 Å². The molecule has 2 atom stereocenters. The van der Waals surface area contributed by atoms with Crippen LogP contribution in [-0.2, 0) is 9.53 Å². The molecule has 1 heterocycles. The molecule has 1 aliphatic rings. The number of likely N-dealkylation sites (tertiary alicyclic amines) is 1. The highest BCUT2D eigenvalue weighted by molar-refractivity contribution is 5.72. The highest BCUT2D eigenvalue weighted by atomic mass is 16.5. The molecule has 5 heteroatoms. The van der Waals surface area contributed by atoms with E-state index in [2.05, 4.69) is 24.1 Å². The van der Waals surface area contributed by atoms with Crippen LogP contribution in [0.5, 0.6) is 0 Å². The third-order valence-electron chi connectivity index (χ3n) is 3.29. The van der Waals surface area contributed by atoms with Crippen molar-refractivity contribution >= 4 is 5.97 Å². The minimum Gasteiger partial charge on any atom is -0.469 e. The van der Waals surface area contributed by atoms with Gasteiger partial charge in [0.05, 0.1) is 19.6 Å². The van der Waals surface area contributed by atoms with Gasteiger partial charge < -0.3 is 15.2 Å². The van der Waals surface area contributed by atoms with Crippen LogP contribution in [0.15, 0.2) is 0 Å². The maximum Gasteiger partial charge on any atom is 0.310 e. The topological polar surface area (TPSA) is 61.8 Å². The van der Waals surface area contributed by atoms with Crippen molar-refractivity contribution in [3.8, 4) is 0 Å². The Balaban J connectivity index is 2.59. The molecule has 0 amide bonds. The molecule has 0 aromatic heterocycles. The Hall–Kier alpha value is -0.650. The first-order valence-electron chi connectivity index (χ1n) is 6.24. The van der Waals surface area contributed by atoms with Gasteiger partial charge in [-0.2, -0.15) is 0 Å². The number of aliphatic hydroxyl groups excluding tert-OH is 1. The summed E-state index contributed by atoms with van der Waals surface area (Å²) in [4.78, 5) is 13.9. The number of hydrogen-bond acceptors (Lipinski definition) is 5. The zero-order valence-corrected chi connectivity index (χ0v) is 11.0. The van der Waals surface area contributed by atoms with Crippen molar-refractivity contribution < 1.29 is 14.6 Å². The zero-order valence-electron chi connectivity index (χ0n) is 11.0. The van der Waals surface area contributed by atoms with E-state index in [4.69, 9.17) is 9.84 Å². The quantitative estimate of drug-likeness (QED) is 0.658. The number of rotatable bonds is 5. The number of hydrogen-bond donors (Lipinski definition) is 2. The molecule has 0 aliphatic carbocycles. The second kappa shape index (κ2) is 6.93. The summed E-state index contributed by atoms with van der Waals surface area (Å²) in [5.74, 6) is -0.196. The highest BCUT2D eigenvalue weighted by Gasteiger charge is 2.32. The van der Waals surface area contributed by atoms with Crippen LogP contribution in [0, 0.1) is 5.92 Å². The molecule has 0 bridgehead atoms. The summed E-state index contributed by atoms with van der Waals surface area (Å²) in [6, 6.07) is 0.670. The van der Waals surface area contributed by atoms with Crippen LogP contribution in [0.2, 0.25) is 0 Å². The normalized spacial score (nSPS) is 26.2. The molecular formula is C12H24N2O3. The van der Waals surface area contributed by atoms with Crippen molar-refractivity contribution in [1.82, 2.24) is 10.2 Å². The predicted molar refractivity (Wildman–Crippen MR) is 65.7 cm³/mol. The third-order valence-corrected chi connectivity index (χ3v) is 3.29. The van der Waals surface area contributed by atoms with Gasteiger partial charge in [0.2, 0.25) is 0 Å². The molecule has 1 rings (SSSR count). The van der Waals surface area contributed by atoms with E-state index in [-0.39, 0.29) is 24.5 Å². The standard InChI is InChI=1S/C12H24N2O3/c1-9(2)14-7-10(12(16)17-3)6-11(8-14)13-4-5-15/h9-11,13,15H,4-8H2,1-3H3. The Morgan fingerprint density at radius 3 is 2.76 bits per heavy atom. The first-order chi connectivity index (χ1) is 8.08. The monoisotopic (exact) mass is 244 g/mol. The lowest BCUT2D eigenvalue weighted by Crippen LogP contribution is -2.53. The van der Waals surface area contributed by atoms with Crippen LogP contribution in [-0.4, -0.2) is 61.4 Å². The lowest BCUT2D eigenvalue weighted by atomic mass is 9.93. The van der Waals surface area contributed by atoms with Gasteiger partial charge >= 0.3 is 5.97 Å². The number of nitrogens with zero attached hydrogens (tertiary/aromatic N) is 1. The molecule has 0 saturated carbocycles. The van der Waals surface area contributed by atoms with Crippen molar-refractivity contribution in [2.24, 2.45) is 5.92 Å². The SMILES string of the molecule is COC(=O)C1CC(NCCO)CN(C(C)C)C1. The van der Waals surface area contributed by atoms with Crippen molar-refractivity contribution in [2.45, 2.75) is 32.4 Å². The number of carbonyl (C=O) groups excluding carboxylic acids is 1. The van der Waals surface area contributed by atoms with Gasteiger partial charge in [-0.1, -0.05) is 0 Å². The number of aliphatic hydroxyl groups is 1. The Bertz CT molecular complexity index is 246. The van der Waals surface area contributed by atoms with Crippen molar-refractivity contribution in [1.29, 1.82) is 0 Å². The van der Waals surface area contributed by atoms with Gasteiger partial charge in [-0.3, -0.25) is 9.69 Å². The minimum atomic E-state index is -0.133. The van der Waals surface area contributed by atoms with Crippen LogP contribution in [0.4, 0.5) is 0 Å². The van der Waals surface area contributed by atoms with Gasteiger partial charge in [0.1, 0.15) is 0 Å². The van der Waals surface area contributed by atoms with Crippen LogP contribution in [0.1, 0.15) is 20.3 Å². The molecule has 0 aromatic rings. The molecular weight excluding hydrogens is 220 g/mol. The van der Waals surface area contributed by atoms with E-state index in [1.165, 1.54) is 7.11 Å². The van der Waals surface area contributed by atoms with E-state index < -0.39 is 0 Å². The first-order valence-corrected chi connectivity index (χ1v) is 6.24. The number of esters is 1. The summed E-state index contributed by atoms with van der Waals surface area (Å²) in [5.41, 5.74) is 0. The van der Waals surface area contributed by atoms with Crippen molar-refractivity contribution in [3.05, 3.63) is 0 Å². The molecule has 100 valence electrons.